The van der Waals surface area contributed by atoms with E-state index in [4.69, 9.17) is 0 Å². The van der Waals surface area contributed by atoms with E-state index < -0.39 is 6.10 Å². The third kappa shape index (κ3) is 0.959. The van der Waals surface area contributed by atoms with Crippen molar-refractivity contribution >= 4 is 5.78 Å². The summed E-state index contributed by atoms with van der Waals surface area (Å²) in [6.45, 7) is 1.94. The number of fused-ring (bicyclic) bond motifs is 1. The molecule has 1 aliphatic carbocycles. The van der Waals surface area contributed by atoms with Gasteiger partial charge in [0.05, 0.1) is 6.10 Å². The van der Waals surface area contributed by atoms with E-state index >= 15 is 0 Å². The molecule has 12 heavy (non-hydrogen) atoms. The fraction of sp³-hybridized carbons (Fsp3) is 0.300. The lowest BCUT2D eigenvalue weighted by molar-refractivity contribution is 0.0930. The summed E-state index contributed by atoms with van der Waals surface area (Å²) < 4.78 is 0. The van der Waals surface area contributed by atoms with Crippen molar-refractivity contribution in [1.82, 2.24) is 0 Å². The predicted molar refractivity (Wildman–Crippen MR) is 45.1 cm³/mol. The number of aliphatic hydroxyl groups is 1. The summed E-state index contributed by atoms with van der Waals surface area (Å²) in [7, 11) is 0. The van der Waals surface area contributed by atoms with Gasteiger partial charge in [-0.2, -0.15) is 0 Å². The Labute approximate surface area is 70.8 Å². The largest absolute Gasteiger partial charge is 0.388 e. The first-order valence-electron chi connectivity index (χ1n) is 4.00. The molecule has 0 saturated carbocycles. The fourth-order valence-electron chi connectivity index (χ4n) is 1.60. The van der Waals surface area contributed by atoms with Crippen molar-refractivity contribution in [2.45, 2.75) is 19.4 Å². The Balaban J connectivity index is 2.60. The second kappa shape index (κ2) is 2.42. The van der Waals surface area contributed by atoms with E-state index in [1.807, 2.05) is 25.1 Å². The van der Waals surface area contributed by atoms with Crippen LogP contribution in [0.4, 0.5) is 0 Å². The molecular weight excluding hydrogens is 152 g/mol. The monoisotopic (exact) mass is 162 g/mol. The number of hydrogen-bond acceptors (Lipinski definition) is 2. The smallest absolute Gasteiger partial charge is 0.166 e. The molecule has 2 heteroatoms. The highest BCUT2D eigenvalue weighted by Gasteiger charge is 2.26. The third-order valence-electron chi connectivity index (χ3n) is 2.25. The van der Waals surface area contributed by atoms with E-state index in [2.05, 4.69) is 0 Å². The van der Waals surface area contributed by atoms with E-state index in [1.54, 1.807) is 0 Å². The van der Waals surface area contributed by atoms with Gasteiger partial charge in [-0.3, -0.25) is 4.79 Å². The van der Waals surface area contributed by atoms with Crippen LogP contribution in [0.1, 0.15) is 34.0 Å². The molecule has 0 bridgehead atoms. The van der Waals surface area contributed by atoms with Crippen molar-refractivity contribution in [3.05, 3.63) is 34.9 Å². The van der Waals surface area contributed by atoms with Crippen molar-refractivity contribution in [3.63, 3.8) is 0 Å². The van der Waals surface area contributed by atoms with Crippen LogP contribution in [0.25, 0.3) is 0 Å². The lowest BCUT2D eigenvalue weighted by atomic mass is 10.1. The number of aryl methyl sites for hydroxylation is 1. The second-order valence-corrected chi connectivity index (χ2v) is 3.23. The first-order chi connectivity index (χ1) is 5.68. The quantitative estimate of drug-likeness (QED) is 0.629. The van der Waals surface area contributed by atoms with Crippen LogP contribution in [0.15, 0.2) is 18.2 Å². The van der Waals surface area contributed by atoms with Gasteiger partial charge in [0.15, 0.2) is 5.78 Å². The fourth-order valence-corrected chi connectivity index (χ4v) is 1.60. The normalized spacial score (nSPS) is 21.2. The number of ketones is 1. The van der Waals surface area contributed by atoms with Crippen LogP contribution in [0, 0.1) is 6.92 Å². The maximum atomic E-state index is 11.3. The van der Waals surface area contributed by atoms with Crippen LogP contribution in [0.3, 0.4) is 0 Å². The predicted octanol–water partition coefficient (Wildman–Crippen LogP) is 1.61. The van der Waals surface area contributed by atoms with Crippen molar-refractivity contribution in [2.24, 2.45) is 0 Å². The highest BCUT2D eigenvalue weighted by molar-refractivity contribution is 6.01. The molecule has 1 atom stereocenters. The van der Waals surface area contributed by atoms with Gasteiger partial charge in [-0.25, -0.2) is 0 Å². The highest BCUT2D eigenvalue weighted by atomic mass is 16.3. The Morgan fingerprint density at radius 1 is 1.50 bits per heavy atom. The molecule has 2 rings (SSSR count). The van der Waals surface area contributed by atoms with Gasteiger partial charge in [0, 0.05) is 12.0 Å². The minimum Gasteiger partial charge on any atom is -0.388 e. The van der Waals surface area contributed by atoms with Gasteiger partial charge < -0.3 is 5.11 Å². The zero-order valence-electron chi connectivity index (χ0n) is 6.87. The van der Waals surface area contributed by atoms with Gasteiger partial charge in [0.25, 0.3) is 0 Å². The number of aliphatic hydroxyl groups excluding tert-OH is 1. The van der Waals surface area contributed by atoms with Crippen LogP contribution in [-0.4, -0.2) is 10.9 Å². The first kappa shape index (κ1) is 7.50. The lowest BCUT2D eigenvalue weighted by Crippen LogP contribution is -1.90. The summed E-state index contributed by atoms with van der Waals surface area (Å²) in [5.41, 5.74) is 2.55. The van der Waals surface area contributed by atoms with Crippen LogP contribution >= 0.6 is 0 Å². The van der Waals surface area contributed by atoms with E-state index in [0.717, 1.165) is 11.1 Å². The zero-order chi connectivity index (χ0) is 8.72. The molecule has 0 saturated heterocycles. The molecule has 1 aliphatic rings. The van der Waals surface area contributed by atoms with Crippen LogP contribution < -0.4 is 0 Å². The number of benzene rings is 1. The molecule has 1 aromatic carbocycles. The molecule has 1 aromatic rings. The average Bonchev–Trinajstić information content (AvgIpc) is 2.28. The Kier molecular flexibility index (Phi) is 1.51. The number of hydrogen-bond donors (Lipinski definition) is 1. The Hall–Kier alpha value is -1.15. The molecule has 0 amide bonds. The molecule has 0 aromatic heterocycles. The van der Waals surface area contributed by atoms with Crippen LogP contribution in [0.5, 0.6) is 0 Å². The van der Waals surface area contributed by atoms with Crippen molar-refractivity contribution in [2.75, 3.05) is 0 Å². The maximum absolute atomic E-state index is 11.3. The molecular formula is C10H10O2. The maximum Gasteiger partial charge on any atom is 0.166 e. The molecule has 0 aliphatic heterocycles. The van der Waals surface area contributed by atoms with E-state index in [1.165, 1.54) is 0 Å². The van der Waals surface area contributed by atoms with Crippen molar-refractivity contribution in [3.8, 4) is 0 Å². The van der Waals surface area contributed by atoms with Gasteiger partial charge in [0.1, 0.15) is 0 Å². The van der Waals surface area contributed by atoms with E-state index in [0.29, 0.717) is 5.56 Å². The van der Waals surface area contributed by atoms with E-state index in [-0.39, 0.29) is 12.2 Å². The topological polar surface area (TPSA) is 37.3 Å². The van der Waals surface area contributed by atoms with Gasteiger partial charge in [-0.05, 0) is 18.6 Å². The first-order valence-corrected chi connectivity index (χ1v) is 4.00. The van der Waals surface area contributed by atoms with Gasteiger partial charge in [-0.1, -0.05) is 17.7 Å². The molecule has 1 N–H and O–H groups in total. The van der Waals surface area contributed by atoms with Gasteiger partial charge in [-0.15, -0.1) is 0 Å². The molecule has 0 spiro atoms. The Morgan fingerprint density at radius 2 is 2.25 bits per heavy atom. The molecule has 0 fully saturated rings. The molecule has 2 nitrogen and oxygen atoms in total. The summed E-state index contributed by atoms with van der Waals surface area (Å²) in [6.07, 6.45) is -0.327. The molecule has 0 radical (unpaired) electrons. The minimum atomic E-state index is -0.576. The number of carbonyl (C=O) groups excluding carboxylic acids is 1. The Morgan fingerprint density at radius 3 is 3.00 bits per heavy atom. The summed E-state index contributed by atoms with van der Waals surface area (Å²) >= 11 is 0. The minimum absolute atomic E-state index is 0.0567. The van der Waals surface area contributed by atoms with Gasteiger partial charge >= 0.3 is 0 Å². The molecule has 0 heterocycles. The van der Waals surface area contributed by atoms with E-state index in [9.17, 15) is 9.90 Å². The second-order valence-electron chi connectivity index (χ2n) is 3.23. The SMILES string of the molecule is Cc1ccc2c(c1)C(=O)CC2O. The third-order valence-corrected chi connectivity index (χ3v) is 2.25. The summed E-state index contributed by atoms with van der Waals surface area (Å²) in [5, 5.41) is 9.42. The zero-order valence-corrected chi connectivity index (χ0v) is 6.87. The van der Waals surface area contributed by atoms with Crippen molar-refractivity contribution < 1.29 is 9.90 Å². The number of Topliss-reactive ketones (excluding diaryl/α,β-unsaturated/α-hetero) is 1. The molecule has 1 unspecified atom stereocenters. The van der Waals surface area contributed by atoms with Crippen LogP contribution in [0.2, 0.25) is 0 Å². The average molecular weight is 162 g/mol. The summed E-state index contributed by atoms with van der Waals surface area (Å²) in [4.78, 5) is 11.3. The van der Waals surface area contributed by atoms with Crippen molar-refractivity contribution in [1.29, 1.82) is 0 Å². The standard InChI is InChI=1S/C10H10O2/c1-6-2-3-7-8(4-6)10(12)5-9(7)11/h2-4,9,11H,5H2,1H3. The lowest BCUT2D eigenvalue weighted by Gasteiger charge is -2.01. The highest BCUT2D eigenvalue weighted by Crippen LogP contribution is 2.31. The summed E-state index contributed by atoms with van der Waals surface area (Å²) in [5.74, 6) is 0.0567. The summed E-state index contributed by atoms with van der Waals surface area (Å²) in [6, 6.07) is 5.59. The van der Waals surface area contributed by atoms with Crippen LogP contribution in [-0.2, 0) is 0 Å². The number of rotatable bonds is 0. The van der Waals surface area contributed by atoms with Gasteiger partial charge in [0.2, 0.25) is 0 Å². The number of carbonyl (C=O) groups is 1. The molecule has 62 valence electrons. The Bertz CT molecular complexity index is 342.